The number of ether oxygens (including phenoxy) is 4. The first-order valence-electron chi connectivity index (χ1n) is 11.0. The summed E-state index contributed by atoms with van der Waals surface area (Å²) in [5.41, 5.74) is 7.02. The van der Waals surface area contributed by atoms with E-state index in [0.29, 0.717) is 24.5 Å². The molecule has 2 aromatic rings. The molecule has 0 saturated carbocycles. The van der Waals surface area contributed by atoms with Crippen LogP contribution in [0.1, 0.15) is 50.3 Å². The minimum atomic E-state index is -1.20. The molecule has 2 aliphatic heterocycles. The fraction of sp³-hybridized carbons (Fsp3) is 0.440. The molecule has 0 spiro atoms. The molecule has 3 atom stereocenters. The van der Waals surface area contributed by atoms with Gasteiger partial charge in [-0.3, -0.25) is 9.69 Å². The van der Waals surface area contributed by atoms with Gasteiger partial charge in [0.05, 0.1) is 7.11 Å². The number of nitrogens with zero attached hydrogens (tertiary/aromatic N) is 1. The van der Waals surface area contributed by atoms with Crippen molar-refractivity contribution in [2.45, 2.75) is 50.8 Å². The van der Waals surface area contributed by atoms with E-state index in [4.69, 9.17) is 24.7 Å². The van der Waals surface area contributed by atoms with Crippen molar-refractivity contribution in [1.82, 2.24) is 4.90 Å². The normalized spacial score (nSPS) is 21.0. The van der Waals surface area contributed by atoms with E-state index in [0.717, 1.165) is 16.9 Å². The maximum Gasteiger partial charge on any atom is 0.333 e. The first-order valence-corrected chi connectivity index (χ1v) is 11.0. The summed E-state index contributed by atoms with van der Waals surface area (Å²) >= 11 is 0. The molecule has 8 nitrogen and oxygen atoms in total. The van der Waals surface area contributed by atoms with Crippen LogP contribution in [0.4, 0.5) is 0 Å². The predicted octanol–water partition coefficient (Wildman–Crippen LogP) is 3.15. The number of likely N-dealkylation sites (tertiary alicyclic amines) is 1. The summed E-state index contributed by atoms with van der Waals surface area (Å²) in [6.45, 7) is 5.96. The summed E-state index contributed by atoms with van der Waals surface area (Å²) in [4.78, 5) is 27.4. The molecule has 8 heteroatoms. The molecule has 2 heterocycles. The average molecular weight is 455 g/mol. The summed E-state index contributed by atoms with van der Waals surface area (Å²) in [5.74, 6) is 0.827. The molecule has 0 radical (unpaired) electrons. The maximum atomic E-state index is 13.0. The van der Waals surface area contributed by atoms with Gasteiger partial charge in [-0.05, 0) is 68.5 Å². The van der Waals surface area contributed by atoms with Crippen LogP contribution in [0.3, 0.4) is 0 Å². The quantitative estimate of drug-likeness (QED) is 0.529. The zero-order valence-corrected chi connectivity index (χ0v) is 19.4. The molecule has 0 aromatic heterocycles. The standard InChI is InChI=1S/C25H30N2O6/c1-25(2,3)33-24(29)22(23(26)28)27-13-17(16-7-10-20-21(12-16)32-14-31-20)11-19(27)15-5-8-18(30-4)9-6-15/h5-10,12,17,19,22H,11,13-14H2,1-4H3,(H2,26,28)/t17-,19+,22?/m0/s1. The van der Waals surface area contributed by atoms with Gasteiger partial charge in [-0.25, -0.2) is 4.79 Å². The summed E-state index contributed by atoms with van der Waals surface area (Å²) in [6.07, 6.45) is 0.693. The van der Waals surface area contributed by atoms with Crippen molar-refractivity contribution in [3.8, 4) is 17.2 Å². The molecule has 1 saturated heterocycles. The number of benzene rings is 2. The van der Waals surface area contributed by atoms with Crippen molar-refractivity contribution in [1.29, 1.82) is 0 Å². The Bertz CT molecular complexity index is 1030. The van der Waals surface area contributed by atoms with Gasteiger partial charge in [0, 0.05) is 12.6 Å². The number of primary amides is 1. The van der Waals surface area contributed by atoms with Crippen LogP contribution in [0.5, 0.6) is 17.2 Å². The zero-order chi connectivity index (χ0) is 23.8. The molecule has 176 valence electrons. The lowest BCUT2D eigenvalue weighted by Gasteiger charge is -2.32. The van der Waals surface area contributed by atoms with Crippen molar-refractivity contribution < 1.29 is 28.5 Å². The summed E-state index contributed by atoms with van der Waals surface area (Å²) in [6, 6.07) is 12.1. The molecule has 4 rings (SSSR count). The molecule has 33 heavy (non-hydrogen) atoms. The highest BCUT2D eigenvalue weighted by molar-refractivity contribution is 6.01. The third-order valence-corrected chi connectivity index (χ3v) is 5.94. The van der Waals surface area contributed by atoms with E-state index in [1.807, 2.05) is 47.4 Å². The van der Waals surface area contributed by atoms with Crippen LogP contribution in [-0.4, -0.2) is 48.9 Å². The smallest absolute Gasteiger partial charge is 0.333 e. The number of methoxy groups -OCH3 is 1. The van der Waals surface area contributed by atoms with Gasteiger partial charge in [-0.2, -0.15) is 0 Å². The van der Waals surface area contributed by atoms with Crippen molar-refractivity contribution >= 4 is 11.9 Å². The van der Waals surface area contributed by atoms with Gasteiger partial charge in [0.15, 0.2) is 17.5 Å². The molecule has 1 fully saturated rings. The highest BCUT2D eigenvalue weighted by Crippen LogP contribution is 2.44. The van der Waals surface area contributed by atoms with E-state index in [-0.39, 0.29) is 18.8 Å². The van der Waals surface area contributed by atoms with Crippen LogP contribution in [0.25, 0.3) is 0 Å². The van der Waals surface area contributed by atoms with Gasteiger partial charge >= 0.3 is 5.97 Å². The van der Waals surface area contributed by atoms with Gasteiger partial charge in [0.25, 0.3) is 0 Å². The lowest BCUT2D eigenvalue weighted by atomic mass is 9.93. The van der Waals surface area contributed by atoms with E-state index in [1.165, 1.54) is 0 Å². The fourth-order valence-electron chi connectivity index (χ4n) is 4.48. The van der Waals surface area contributed by atoms with Gasteiger partial charge in [-0.15, -0.1) is 0 Å². The Morgan fingerprint density at radius 2 is 1.73 bits per heavy atom. The van der Waals surface area contributed by atoms with Crippen LogP contribution in [0.2, 0.25) is 0 Å². The highest BCUT2D eigenvalue weighted by atomic mass is 16.7. The largest absolute Gasteiger partial charge is 0.497 e. The number of carbonyl (C=O) groups is 2. The number of hydrogen-bond acceptors (Lipinski definition) is 7. The second-order valence-corrected chi connectivity index (χ2v) is 9.37. The number of carbonyl (C=O) groups excluding carboxylic acids is 2. The van der Waals surface area contributed by atoms with E-state index in [9.17, 15) is 9.59 Å². The van der Waals surface area contributed by atoms with Crippen LogP contribution >= 0.6 is 0 Å². The number of rotatable bonds is 6. The van der Waals surface area contributed by atoms with Gasteiger partial charge in [-0.1, -0.05) is 18.2 Å². The molecule has 2 aliphatic rings. The number of esters is 1. The minimum absolute atomic E-state index is 0.0517. The lowest BCUT2D eigenvalue weighted by Crippen LogP contribution is -2.51. The summed E-state index contributed by atoms with van der Waals surface area (Å²) < 4.78 is 21.8. The van der Waals surface area contributed by atoms with E-state index in [1.54, 1.807) is 27.9 Å². The van der Waals surface area contributed by atoms with Gasteiger partial charge < -0.3 is 24.7 Å². The van der Waals surface area contributed by atoms with Crippen LogP contribution < -0.4 is 19.9 Å². The highest BCUT2D eigenvalue weighted by Gasteiger charge is 2.45. The monoisotopic (exact) mass is 454 g/mol. The fourth-order valence-corrected chi connectivity index (χ4v) is 4.48. The lowest BCUT2D eigenvalue weighted by molar-refractivity contribution is -0.164. The molecule has 1 amide bonds. The minimum Gasteiger partial charge on any atom is -0.497 e. The Hall–Kier alpha value is -3.26. The third-order valence-electron chi connectivity index (χ3n) is 5.94. The van der Waals surface area contributed by atoms with E-state index >= 15 is 0 Å². The molecule has 2 N–H and O–H groups in total. The molecular formula is C25H30N2O6. The third kappa shape index (κ3) is 4.90. The van der Waals surface area contributed by atoms with E-state index < -0.39 is 23.5 Å². The number of fused-ring (bicyclic) bond motifs is 1. The first kappa shape index (κ1) is 22.9. The zero-order valence-electron chi connectivity index (χ0n) is 19.4. The average Bonchev–Trinajstić information content (AvgIpc) is 3.39. The molecule has 1 unspecified atom stereocenters. The topological polar surface area (TPSA) is 100 Å². The SMILES string of the molecule is COc1ccc([C@H]2C[C@H](c3ccc4c(c3)OCO4)CN2C(C(N)=O)C(=O)OC(C)(C)C)cc1. The van der Waals surface area contributed by atoms with Gasteiger partial charge in [0.2, 0.25) is 12.7 Å². The van der Waals surface area contributed by atoms with Crippen LogP contribution in [-0.2, 0) is 14.3 Å². The number of nitrogens with two attached hydrogens (primary N) is 1. The Morgan fingerprint density at radius 3 is 2.36 bits per heavy atom. The molecule has 0 aliphatic carbocycles. The molecule has 2 aromatic carbocycles. The number of hydrogen-bond donors (Lipinski definition) is 1. The van der Waals surface area contributed by atoms with Crippen LogP contribution in [0.15, 0.2) is 42.5 Å². The van der Waals surface area contributed by atoms with Gasteiger partial charge in [0.1, 0.15) is 11.4 Å². The summed E-state index contributed by atoms with van der Waals surface area (Å²) in [5, 5.41) is 0. The molecule has 0 bridgehead atoms. The van der Waals surface area contributed by atoms with Crippen LogP contribution in [0, 0.1) is 0 Å². The van der Waals surface area contributed by atoms with Crippen molar-refractivity contribution in [3.63, 3.8) is 0 Å². The van der Waals surface area contributed by atoms with E-state index in [2.05, 4.69) is 0 Å². The second-order valence-electron chi connectivity index (χ2n) is 9.37. The first-order chi connectivity index (χ1) is 15.7. The Labute approximate surface area is 193 Å². The number of amides is 1. The Morgan fingerprint density at radius 1 is 1.06 bits per heavy atom. The predicted molar refractivity (Wildman–Crippen MR) is 121 cm³/mol. The summed E-state index contributed by atoms with van der Waals surface area (Å²) in [7, 11) is 1.61. The Balaban J connectivity index is 1.68. The second kappa shape index (κ2) is 8.94. The molecular weight excluding hydrogens is 424 g/mol. The maximum absolute atomic E-state index is 13.0. The van der Waals surface area contributed by atoms with Crippen molar-refractivity contribution in [2.24, 2.45) is 5.73 Å². The Kier molecular flexibility index (Phi) is 6.21. The van der Waals surface area contributed by atoms with Crippen molar-refractivity contribution in [2.75, 3.05) is 20.4 Å². The van der Waals surface area contributed by atoms with Crippen molar-refractivity contribution in [3.05, 3.63) is 53.6 Å².